The van der Waals surface area contributed by atoms with Gasteiger partial charge in [0.05, 0.1) is 15.6 Å². The average molecular weight is 420 g/mol. The third-order valence-corrected chi connectivity index (χ3v) is 4.73. The number of hydrogen-bond acceptors (Lipinski definition) is 3. The molecule has 0 unspecified atom stereocenters. The molecule has 4 nitrogen and oxygen atoms in total. The molecule has 0 saturated carbocycles. The Morgan fingerprint density at radius 3 is 2.43 bits per heavy atom. The van der Waals surface area contributed by atoms with E-state index in [1.165, 1.54) is 12.1 Å². The van der Waals surface area contributed by atoms with Gasteiger partial charge in [-0.2, -0.15) is 0 Å². The van der Waals surface area contributed by atoms with Crippen molar-refractivity contribution in [1.29, 1.82) is 0 Å². The van der Waals surface area contributed by atoms with Crippen molar-refractivity contribution >= 4 is 34.9 Å². The van der Waals surface area contributed by atoms with Gasteiger partial charge in [0.1, 0.15) is 18.2 Å². The number of carboxylic acids is 1. The Bertz CT molecular complexity index is 973. The first-order valence-electron chi connectivity index (χ1n) is 8.35. The molecule has 2 N–H and O–H groups in total. The molecule has 0 amide bonds. The Morgan fingerprint density at radius 1 is 1.04 bits per heavy atom. The number of carbonyl (C=O) groups is 1. The highest BCUT2D eigenvalue weighted by atomic mass is 35.5. The van der Waals surface area contributed by atoms with E-state index in [0.29, 0.717) is 28.6 Å². The second-order valence-corrected chi connectivity index (χ2v) is 6.80. The first kappa shape index (κ1) is 20.0. The molecular formula is C21H16Cl2FNO3. The number of ether oxygens (including phenoxy) is 1. The van der Waals surface area contributed by atoms with E-state index in [1.54, 1.807) is 36.4 Å². The van der Waals surface area contributed by atoms with Gasteiger partial charge < -0.3 is 15.2 Å². The summed E-state index contributed by atoms with van der Waals surface area (Å²) < 4.78 is 19.4. The highest BCUT2D eigenvalue weighted by molar-refractivity contribution is 6.33. The summed E-state index contributed by atoms with van der Waals surface area (Å²) >= 11 is 11.9. The molecule has 7 heteroatoms. The maximum Gasteiger partial charge on any atom is 0.337 e. The summed E-state index contributed by atoms with van der Waals surface area (Å²) in [5, 5.41) is 12.7. The number of benzene rings is 3. The van der Waals surface area contributed by atoms with Crippen LogP contribution in [-0.4, -0.2) is 11.1 Å². The van der Waals surface area contributed by atoms with E-state index in [9.17, 15) is 9.18 Å². The Balaban J connectivity index is 1.57. The molecule has 3 rings (SSSR count). The van der Waals surface area contributed by atoms with Gasteiger partial charge in [0, 0.05) is 17.8 Å². The topological polar surface area (TPSA) is 58.6 Å². The first-order chi connectivity index (χ1) is 13.4. The number of nitrogens with one attached hydrogen (secondary N) is 1. The Morgan fingerprint density at radius 2 is 1.79 bits per heavy atom. The summed E-state index contributed by atoms with van der Waals surface area (Å²) in [4.78, 5) is 11.0. The fraction of sp³-hybridized carbons (Fsp3) is 0.0952. The third-order valence-electron chi connectivity index (χ3n) is 4.06. The highest BCUT2D eigenvalue weighted by Gasteiger charge is 2.09. The summed E-state index contributed by atoms with van der Waals surface area (Å²) in [6, 6.07) is 16.5. The minimum atomic E-state index is -1.07. The lowest BCUT2D eigenvalue weighted by atomic mass is 10.2. The van der Waals surface area contributed by atoms with E-state index < -0.39 is 11.8 Å². The fourth-order valence-electron chi connectivity index (χ4n) is 2.53. The van der Waals surface area contributed by atoms with Gasteiger partial charge in [-0.05, 0) is 48.0 Å². The lowest BCUT2D eigenvalue weighted by Crippen LogP contribution is -2.02. The van der Waals surface area contributed by atoms with Crippen molar-refractivity contribution in [1.82, 2.24) is 0 Å². The zero-order valence-corrected chi connectivity index (χ0v) is 16.1. The lowest BCUT2D eigenvalue weighted by Gasteiger charge is -2.11. The van der Waals surface area contributed by atoms with E-state index in [4.69, 9.17) is 33.0 Å². The van der Waals surface area contributed by atoms with Crippen molar-refractivity contribution in [3.63, 3.8) is 0 Å². The minimum absolute atomic E-state index is 0.0392. The molecule has 0 atom stereocenters. The third kappa shape index (κ3) is 4.94. The van der Waals surface area contributed by atoms with Crippen LogP contribution in [0.25, 0.3) is 0 Å². The van der Waals surface area contributed by atoms with E-state index in [1.807, 2.05) is 12.1 Å². The van der Waals surface area contributed by atoms with E-state index in [0.717, 1.165) is 5.56 Å². The second kappa shape index (κ2) is 8.95. The summed E-state index contributed by atoms with van der Waals surface area (Å²) in [6.45, 7) is 0.555. The van der Waals surface area contributed by atoms with E-state index in [-0.39, 0.29) is 17.2 Å². The van der Waals surface area contributed by atoms with Crippen molar-refractivity contribution < 1.29 is 19.0 Å². The minimum Gasteiger partial charge on any atom is -0.489 e. The molecule has 0 aromatic heterocycles. The number of halogens is 3. The van der Waals surface area contributed by atoms with Crippen LogP contribution in [-0.2, 0) is 13.2 Å². The predicted molar refractivity (Wildman–Crippen MR) is 108 cm³/mol. The summed E-state index contributed by atoms with van der Waals surface area (Å²) in [5.41, 5.74) is 2.07. The van der Waals surface area contributed by atoms with Crippen molar-refractivity contribution in [3.05, 3.63) is 93.2 Å². The first-order valence-corrected chi connectivity index (χ1v) is 9.11. The monoisotopic (exact) mass is 419 g/mol. The van der Waals surface area contributed by atoms with Crippen LogP contribution in [0.5, 0.6) is 5.75 Å². The van der Waals surface area contributed by atoms with Crippen LogP contribution >= 0.6 is 23.2 Å². The molecule has 0 saturated heterocycles. The molecule has 0 aliphatic heterocycles. The molecule has 0 aliphatic carbocycles. The van der Waals surface area contributed by atoms with Gasteiger partial charge in [0.15, 0.2) is 0 Å². The van der Waals surface area contributed by atoms with Crippen LogP contribution in [0.1, 0.15) is 21.5 Å². The van der Waals surface area contributed by atoms with Crippen molar-refractivity contribution in [2.75, 3.05) is 5.32 Å². The Kier molecular flexibility index (Phi) is 6.39. The zero-order valence-electron chi connectivity index (χ0n) is 14.6. The molecule has 3 aromatic carbocycles. The molecule has 0 aliphatic rings. The van der Waals surface area contributed by atoms with Gasteiger partial charge in [-0.15, -0.1) is 0 Å². The second-order valence-electron chi connectivity index (χ2n) is 5.99. The molecule has 0 fully saturated rings. The van der Waals surface area contributed by atoms with Crippen molar-refractivity contribution in [2.45, 2.75) is 13.2 Å². The molecule has 3 aromatic rings. The summed E-state index contributed by atoms with van der Waals surface area (Å²) in [7, 11) is 0. The number of anilines is 1. The van der Waals surface area contributed by atoms with Gasteiger partial charge in [-0.3, -0.25) is 0 Å². The quantitative estimate of drug-likeness (QED) is 0.491. The van der Waals surface area contributed by atoms with E-state index in [2.05, 4.69) is 5.32 Å². The van der Waals surface area contributed by atoms with Crippen LogP contribution in [0.4, 0.5) is 10.1 Å². The lowest BCUT2D eigenvalue weighted by molar-refractivity contribution is 0.0697. The maximum atomic E-state index is 13.8. The maximum absolute atomic E-state index is 13.8. The van der Waals surface area contributed by atoms with Crippen LogP contribution in [0.15, 0.2) is 60.7 Å². The van der Waals surface area contributed by atoms with E-state index >= 15 is 0 Å². The van der Waals surface area contributed by atoms with Crippen LogP contribution in [0, 0.1) is 5.82 Å². The Labute approximate surface area is 171 Å². The molecular weight excluding hydrogens is 404 g/mol. The standard InChI is InChI=1S/C21H16Cl2FNO3/c22-18-2-1-3-20(24)17(18)12-28-15-7-4-13(5-8-15)11-25-14-6-9-16(21(26)27)19(23)10-14/h1-10,25H,11-12H2,(H,26,27). The number of carboxylic acid groups (broad SMARTS) is 1. The SMILES string of the molecule is O=C(O)c1ccc(NCc2ccc(OCc3c(F)cccc3Cl)cc2)cc1Cl. The molecule has 28 heavy (non-hydrogen) atoms. The number of aromatic carboxylic acids is 1. The summed E-state index contributed by atoms with van der Waals surface area (Å²) in [5.74, 6) is -0.873. The van der Waals surface area contributed by atoms with Gasteiger partial charge in [0.25, 0.3) is 0 Å². The largest absolute Gasteiger partial charge is 0.489 e. The predicted octanol–water partition coefficient (Wildman–Crippen LogP) is 6.02. The highest BCUT2D eigenvalue weighted by Crippen LogP contribution is 2.23. The van der Waals surface area contributed by atoms with Crippen LogP contribution < -0.4 is 10.1 Å². The van der Waals surface area contributed by atoms with Crippen LogP contribution in [0.2, 0.25) is 10.0 Å². The normalized spacial score (nSPS) is 10.5. The molecule has 0 heterocycles. The Hall–Kier alpha value is -2.76. The fourth-order valence-corrected chi connectivity index (χ4v) is 3.01. The van der Waals surface area contributed by atoms with Gasteiger partial charge in [-0.25, -0.2) is 9.18 Å². The van der Waals surface area contributed by atoms with Crippen LogP contribution in [0.3, 0.4) is 0 Å². The molecule has 0 bridgehead atoms. The molecule has 0 spiro atoms. The smallest absolute Gasteiger partial charge is 0.337 e. The zero-order chi connectivity index (χ0) is 20.1. The molecule has 144 valence electrons. The van der Waals surface area contributed by atoms with Gasteiger partial charge in [-0.1, -0.05) is 41.4 Å². The van der Waals surface area contributed by atoms with Crippen molar-refractivity contribution in [2.24, 2.45) is 0 Å². The van der Waals surface area contributed by atoms with Crippen molar-refractivity contribution in [3.8, 4) is 5.75 Å². The number of rotatable bonds is 7. The van der Waals surface area contributed by atoms with Gasteiger partial charge >= 0.3 is 5.97 Å². The van der Waals surface area contributed by atoms with Gasteiger partial charge in [0.2, 0.25) is 0 Å². The average Bonchev–Trinajstić information content (AvgIpc) is 2.66. The number of hydrogen-bond donors (Lipinski definition) is 2. The summed E-state index contributed by atoms with van der Waals surface area (Å²) in [6.07, 6.45) is 0. The molecule has 0 radical (unpaired) electrons.